The topological polar surface area (TPSA) is 121 Å². The molecule has 12 heteroatoms. The van der Waals surface area contributed by atoms with E-state index in [1.165, 1.54) is 36.5 Å². The van der Waals surface area contributed by atoms with Crippen LogP contribution in [0.3, 0.4) is 0 Å². The number of nitrogens with one attached hydrogen (secondary N) is 2. The minimum Gasteiger partial charge on any atom is -0.364 e. The van der Waals surface area contributed by atoms with Crippen molar-refractivity contribution in [1.29, 1.82) is 0 Å². The summed E-state index contributed by atoms with van der Waals surface area (Å²) in [5.74, 6) is 3.60. The van der Waals surface area contributed by atoms with Crippen LogP contribution in [0.2, 0.25) is 0 Å². The van der Waals surface area contributed by atoms with Crippen molar-refractivity contribution in [3.8, 4) is 11.8 Å². The number of halogens is 3. The molecular weight excluding hydrogens is 549 g/mol. The van der Waals surface area contributed by atoms with Gasteiger partial charge in [0.2, 0.25) is 0 Å². The highest BCUT2D eigenvalue weighted by molar-refractivity contribution is 5.99. The minimum atomic E-state index is -4.65. The van der Waals surface area contributed by atoms with Crippen molar-refractivity contribution in [3.63, 3.8) is 0 Å². The van der Waals surface area contributed by atoms with Crippen molar-refractivity contribution in [2.45, 2.75) is 19.6 Å². The van der Waals surface area contributed by atoms with Crippen LogP contribution in [0.5, 0.6) is 0 Å². The molecule has 0 aliphatic carbocycles. The molecule has 2 heterocycles. The summed E-state index contributed by atoms with van der Waals surface area (Å²) < 4.78 is 41.6. The van der Waals surface area contributed by atoms with Gasteiger partial charge in [-0.05, 0) is 61.5 Å². The van der Waals surface area contributed by atoms with E-state index in [4.69, 9.17) is 5.73 Å². The molecule has 1 aromatic heterocycles. The minimum absolute atomic E-state index is 0.0838. The van der Waals surface area contributed by atoms with Gasteiger partial charge in [-0.2, -0.15) is 13.2 Å². The number of benzene rings is 2. The van der Waals surface area contributed by atoms with Crippen LogP contribution in [0.25, 0.3) is 0 Å². The van der Waals surface area contributed by atoms with Crippen molar-refractivity contribution < 1.29 is 27.6 Å². The third kappa shape index (κ3) is 7.72. The van der Waals surface area contributed by atoms with Crippen LogP contribution in [-0.2, 0) is 12.7 Å². The van der Waals surface area contributed by atoms with E-state index < -0.39 is 29.5 Å². The van der Waals surface area contributed by atoms with Crippen LogP contribution in [0.4, 0.5) is 13.2 Å². The fourth-order valence-electron chi connectivity index (χ4n) is 4.28. The highest BCUT2D eigenvalue weighted by Gasteiger charge is 2.34. The molecule has 1 saturated heterocycles. The summed E-state index contributed by atoms with van der Waals surface area (Å²) in [6.07, 6.45) is -3.25. The van der Waals surface area contributed by atoms with E-state index >= 15 is 0 Å². The van der Waals surface area contributed by atoms with Gasteiger partial charge in [-0.3, -0.25) is 30.1 Å². The number of alkyl halides is 3. The van der Waals surface area contributed by atoms with E-state index in [2.05, 4.69) is 32.6 Å². The van der Waals surface area contributed by atoms with Gasteiger partial charge < -0.3 is 10.6 Å². The average Bonchev–Trinajstić information content (AvgIpc) is 2.96. The van der Waals surface area contributed by atoms with Gasteiger partial charge in [-0.1, -0.05) is 24.0 Å². The second-order valence-corrected chi connectivity index (χ2v) is 9.93. The summed E-state index contributed by atoms with van der Waals surface area (Å²) in [7, 11) is 1.96. The molecule has 9 nitrogen and oxygen atoms in total. The highest BCUT2D eigenvalue weighted by atomic mass is 19.4. The van der Waals surface area contributed by atoms with Gasteiger partial charge in [0.15, 0.2) is 0 Å². The molecule has 3 aromatic rings. The van der Waals surface area contributed by atoms with E-state index in [0.717, 1.165) is 24.7 Å². The fraction of sp³-hybridized carbons (Fsp3) is 0.267. The summed E-state index contributed by atoms with van der Waals surface area (Å²) in [6, 6.07) is 11.2. The van der Waals surface area contributed by atoms with Crippen LogP contribution in [0.15, 0.2) is 54.7 Å². The molecule has 2 aromatic carbocycles. The van der Waals surface area contributed by atoms with Crippen molar-refractivity contribution in [1.82, 2.24) is 25.6 Å². The van der Waals surface area contributed by atoms with E-state index in [9.17, 15) is 27.6 Å². The summed E-state index contributed by atoms with van der Waals surface area (Å²) >= 11 is 0. The van der Waals surface area contributed by atoms with Gasteiger partial charge in [-0.25, -0.2) is 4.98 Å². The molecule has 4 rings (SSSR count). The van der Waals surface area contributed by atoms with Crippen LogP contribution in [0, 0.1) is 18.8 Å². The molecule has 0 unspecified atom stereocenters. The van der Waals surface area contributed by atoms with Gasteiger partial charge in [0.05, 0.1) is 5.56 Å². The Hall–Kier alpha value is -4.73. The van der Waals surface area contributed by atoms with Crippen LogP contribution < -0.4 is 16.6 Å². The summed E-state index contributed by atoms with van der Waals surface area (Å²) in [4.78, 5) is 44.6. The Morgan fingerprint density at radius 3 is 2.17 bits per heavy atom. The van der Waals surface area contributed by atoms with Gasteiger partial charge >= 0.3 is 6.18 Å². The molecular formula is C30H29F3N6O3. The molecule has 3 amide bonds. The lowest BCUT2D eigenvalue weighted by atomic mass is 10.0. The maximum atomic E-state index is 13.9. The van der Waals surface area contributed by atoms with E-state index in [0.29, 0.717) is 24.2 Å². The predicted molar refractivity (Wildman–Crippen MR) is 149 cm³/mol. The van der Waals surface area contributed by atoms with E-state index in [1.807, 2.05) is 11.9 Å². The van der Waals surface area contributed by atoms with Crippen molar-refractivity contribution in [2.75, 3.05) is 33.2 Å². The van der Waals surface area contributed by atoms with Crippen LogP contribution in [0.1, 0.15) is 59.0 Å². The number of primary amides is 1. The zero-order valence-corrected chi connectivity index (χ0v) is 23.0. The van der Waals surface area contributed by atoms with Crippen molar-refractivity contribution >= 4 is 17.7 Å². The zero-order valence-electron chi connectivity index (χ0n) is 23.0. The van der Waals surface area contributed by atoms with Gasteiger partial charge in [0.1, 0.15) is 5.69 Å². The van der Waals surface area contributed by atoms with E-state index in [-0.39, 0.29) is 28.9 Å². The third-order valence-corrected chi connectivity index (χ3v) is 6.81. The van der Waals surface area contributed by atoms with Crippen LogP contribution >= 0.6 is 0 Å². The standard InChI is InChI=1S/C30H29F3N6O3/c1-19-3-6-22(15-21(19)7-4-20-5-10-26(27(34)40)35-17-20)28(41)36-37-29(42)23-8-9-24(25(16-23)30(31,32)33)18-39-13-11-38(2)12-14-39/h3,5-6,8-10,15-17H,11-14,18H2,1-2H3,(H2,34,40)(H,36,41)(H,37,42). The lowest BCUT2D eigenvalue weighted by Crippen LogP contribution is -2.44. The summed E-state index contributed by atoms with van der Waals surface area (Å²) in [5.41, 5.74) is 10.7. The molecule has 4 N–H and O–H groups in total. The van der Waals surface area contributed by atoms with Gasteiger partial charge in [-0.15, -0.1) is 0 Å². The average molecular weight is 579 g/mol. The first-order chi connectivity index (χ1) is 19.9. The Labute approximate surface area is 240 Å². The molecule has 1 fully saturated rings. The normalized spacial score (nSPS) is 14.0. The Morgan fingerprint density at radius 1 is 0.929 bits per heavy atom. The first-order valence-electron chi connectivity index (χ1n) is 13.0. The van der Waals surface area contributed by atoms with Crippen molar-refractivity contribution in [3.05, 3.63) is 99.4 Å². The Kier molecular flexibility index (Phi) is 9.25. The largest absolute Gasteiger partial charge is 0.416 e. The number of aryl methyl sites for hydroxylation is 1. The smallest absolute Gasteiger partial charge is 0.364 e. The highest BCUT2D eigenvalue weighted by Crippen LogP contribution is 2.33. The molecule has 0 spiro atoms. The predicted octanol–water partition coefficient (Wildman–Crippen LogP) is 2.73. The first kappa shape index (κ1) is 30.2. The monoisotopic (exact) mass is 578 g/mol. The van der Waals surface area contributed by atoms with Gasteiger partial charge in [0.25, 0.3) is 17.7 Å². The number of amides is 3. The fourth-order valence-corrected chi connectivity index (χ4v) is 4.28. The Morgan fingerprint density at radius 2 is 1.57 bits per heavy atom. The second kappa shape index (κ2) is 12.8. The van der Waals surface area contributed by atoms with Crippen LogP contribution in [-0.4, -0.2) is 65.7 Å². The number of carbonyl (C=O) groups is 3. The third-order valence-electron chi connectivity index (χ3n) is 6.81. The number of nitrogens with two attached hydrogens (primary N) is 1. The molecule has 1 aliphatic heterocycles. The SMILES string of the molecule is Cc1ccc(C(=O)NNC(=O)c2ccc(CN3CCN(C)CC3)c(C(F)(F)F)c2)cc1C#Cc1ccc(C(N)=O)nc1. The van der Waals surface area contributed by atoms with Gasteiger partial charge in [0, 0.05) is 61.2 Å². The number of hydrogen-bond donors (Lipinski definition) is 3. The number of piperazine rings is 1. The molecule has 0 radical (unpaired) electrons. The number of likely N-dealkylation sites (N-methyl/N-ethyl adjacent to an activating group) is 1. The summed E-state index contributed by atoms with van der Waals surface area (Å²) in [6.45, 7) is 4.74. The number of carbonyl (C=O) groups excluding carboxylic acids is 3. The number of pyridine rings is 1. The molecule has 218 valence electrons. The second-order valence-electron chi connectivity index (χ2n) is 9.93. The molecule has 0 saturated carbocycles. The number of nitrogens with zero attached hydrogens (tertiary/aromatic N) is 3. The number of hydrazine groups is 1. The molecule has 1 aliphatic rings. The number of hydrogen-bond acceptors (Lipinski definition) is 6. The lowest BCUT2D eigenvalue weighted by molar-refractivity contribution is -0.138. The zero-order chi connectivity index (χ0) is 30.4. The quantitative estimate of drug-likeness (QED) is 0.316. The molecule has 0 bridgehead atoms. The maximum Gasteiger partial charge on any atom is 0.416 e. The summed E-state index contributed by atoms with van der Waals surface area (Å²) in [5, 5.41) is 0. The number of rotatable bonds is 5. The lowest BCUT2D eigenvalue weighted by Gasteiger charge is -2.33. The molecule has 0 atom stereocenters. The Balaban J connectivity index is 1.43. The molecule has 42 heavy (non-hydrogen) atoms. The Bertz CT molecular complexity index is 1550. The first-order valence-corrected chi connectivity index (χ1v) is 13.0. The van der Waals surface area contributed by atoms with E-state index in [1.54, 1.807) is 19.1 Å². The van der Waals surface area contributed by atoms with Crippen molar-refractivity contribution in [2.24, 2.45) is 5.73 Å². The maximum absolute atomic E-state index is 13.9. The number of aromatic nitrogens is 1.